The van der Waals surface area contributed by atoms with E-state index in [2.05, 4.69) is 141 Å². The van der Waals surface area contributed by atoms with Gasteiger partial charge in [0, 0.05) is 60.9 Å². The number of rotatable bonds is 9. The lowest BCUT2D eigenvalue weighted by Crippen LogP contribution is -3.00. The van der Waals surface area contributed by atoms with E-state index in [9.17, 15) is 8.78 Å². The number of pyridine rings is 2. The molecular formula is C46H38Br2F2N4. The minimum atomic E-state index is -0.240. The molecule has 270 valence electrons. The molecule has 6 aromatic carbocycles. The zero-order valence-corrected chi connectivity index (χ0v) is 33.1. The first-order valence-corrected chi connectivity index (χ1v) is 17.4. The highest BCUT2D eigenvalue weighted by atomic mass is 79.9. The van der Waals surface area contributed by atoms with E-state index in [0.717, 1.165) is 57.6 Å². The van der Waals surface area contributed by atoms with Gasteiger partial charge in [0.2, 0.25) is 11.0 Å². The van der Waals surface area contributed by atoms with Crippen LogP contribution >= 0.6 is 0 Å². The molecule has 8 heteroatoms. The molecule has 0 spiro atoms. The number of fused-ring (bicyclic) bond motifs is 2. The van der Waals surface area contributed by atoms with E-state index < -0.39 is 0 Å². The zero-order chi connectivity index (χ0) is 35.6. The number of hydrogen-bond acceptors (Lipinski definition) is 2. The van der Waals surface area contributed by atoms with Gasteiger partial charge in [0.15, 0.2) is 25.5 Å². The fourth-order valence-electron chi connectivity index (χ4n) is 7.01. The average Bonchev–Trinajstić information content (AvgIpc) is 3.19. The van der Waals surface area contributed by atoms with E-state index in [-0.39, 0.29) is 45.6 Å². The van der Waals surface area contributed by atoms with Crippen LogP contribution in [0.2, 0.25) is 0 Å². The van der Waals surface area contributed by atoms with E-state index in [1.807, 2.05) is 14.1 Å². The molecule has 0 fully saturated rings. The van der Waals surface area contributed by atoms with Crippen molar-refractivity contribution in [1.29, 1.82) is 0 Å². The van der Waals surface area contributed by atoms with Crippen molar-refractivity contribution in [2.75, 3.05) is 23.9 Å². The minimum absolute atomic E-state index is 0. The molecular weight excluding hydrogens is 806 g/mol. The molecule has 8 aromatic rings. The van der Waals surface area contributed by atoms with Gasteiger partial charge in [-0.1, -0.05) is 72.8 Å². The van der Waals surface area contributed by atoms with Crippen molar-refractivity contribution in [2.45, 2.75) is 13.1 Å². The Balaban J connectivity index is 0.00000249. The fourth-order valence-corrected chi connectivity index (χ4v) is 7.01. The van der Waals surface area contributed by atoms with Crippen molar-refractivity contribution in [2.24, 2.45) is 0 Å². The molecule has 4 nitrogen and oxygen atoms in total. The first-order chi connectivity index (χ1) is 25.4. The summed E-state index contributed by atoms with van der Waals surface area (Å²) >= 11 is 0. The van der Waals surface area contributed by atoms with E-state index in [4.69, 9.17) is 0 Å². The summed E-state index contributed by atoms with van der Waals surface area (Å²) in [6.45, 7) is 1.48. The van der Waals surface area contributed by atoms with Crippen LogP contribution < -0.4 is 52.9 Å². The zero-order valence-electron chi connectivity index (χ0n) is 29.9. The molecule has 0 N–H and O–H groups in total. The first-order valence-electron chi connectivity index (χ1n) is 17.4. The Hall–Kier alpha value is -5.44. The Morgan fingerprint density at radius 2 is 0.778 bits per heavy atom. The smallest absolute Gasteiger partial charge is 0.214 e. The maximum atomic E-state index is 13.6. The second-order valence-corrected chi connectivity index (χ2v) is 13.2. The molecule has 2 aromatic heterocycles. The summed E-state index contributed by atoms with van der Waals surface area (Å²) in [4.78, 5) is 4.19. The largest absolute Gasteiger partial charge is 1.00 e. The summed E-state index contributed by atoms with van der Waals surface area (Å²) in [5, 5.41) is 2.26. The summed E-state index contributed by atoms with van der Waals surface area (Å²) in [6.07, 6.45) is 4.26. The third-order valence-electron chi connectivity index (χ3n) is 9.90. The quantitative estimate of drug-likeness (QED) is 0.203. The topological polar surface area (TPSA) is 14.2 Å². The molecule has 0 saturated heterocycles. The van der Waals surface area contributed by atoms with Crippen LogP contribution in [0.25, 0.3) is 32.9 Å². The molecule has 0 bridgehead atoms. The highest BCUT2D eigenvalue weighted by molar-refractivity contribution is 5.92. The van der Waals surface area contributed by atoms with Gasteiger partial charge in [-0.05, 0) is 71.8 Å². The SMILES string of the molecule is CN(c1ccc(F)cc1)c1cc[n+](Cc2ccc(-c3ccc(C[n+]4ccc(N(C)c5ccc(F)cc5)c5ccccc54)cc3)cc2)c2ccccc12.[Br-].[Br-]. The van der Waals surface area contributed by atoms with Crippen LogP contribution in [0, 0.1) is 11.6 Å². The molecule has 0 saturated carbocycles. The van der Waals surface area contributed by atoms with Crippen molar-refractivity contribution < 1.29 is 51.9 Å². The highest BCUT2D eigenvalue weighted by Gasteiger charge is 2.18. The van der Waals surface area contributed by atoms with Crippen molar-refractivity contribution in [3.63, 3.8) is 0 Å². The monoisotopic (exact) mass is 842 g/mol. The number of hydrogen-bond donors (Lipinski definition) is 0. The van der Waals surface area contributed by atoms with E-state index in [0.29, 0.717) is 0 Å². The van der Waals surface area contributed by atoms with Crippen LogP contribution in [0.3, 0.4) is 0 Å². The van der Waals surface area contributed by atoms with Gasteiger partial charge in [0.25, 0.3) is 0 Å². The predicted molar refractivity (Wildman–Crippen MR) is 207 cm³/mol. The number of benzene rings is 6. The van der Waals surface area contributed by atoms with Crippen molar-refractivity contribution >= 4 is 44.6 Å². The number of anilines is 4. The van der Waals surface area contributed by atoms with Gasteiger partial charge in [-0.2, -0.15) is 9.13 Å². The molecule has 0 amide bonds. The number of aromatic nitrogens is 2. The minimum Gasteiger partial charge on any atom is -1.00 e. The summed E-state index contributed by atoms with van der Waals surface area (Å²) in [7, 11) is 4.03. The summed E-state index contributed by atoms with van der Waals surface area (Å²) in [6, 6.07) is 51.9. The normalized spacial score (nSPS) is 10.8. The second kappa shape index (κ2) is 16.7. The maximum Gasteiger partial charge on any atom is 0.214 e. The molecule has 0 unspecified atom stereocenters. The maximum absolute atomic E-state index is 13.6. The van der Waals surface area contributed by atoms with Crippen LogP contribution in [-0.2, 0) is 13.1 Å². The second-order valence-electron chi connectivity index (χ2n) is 13.2. The van der Waals surface area contributed by atoms with Gasteiger partial charge in [-0.15, -0.1) is 0 Å². The van der Waals surface area contributed by atoms with Gasteiger partial charge in [0.05, 0.1) is 22.1 Å². The Labute approximate surface area is 335 Å². The van der Waals surface area contributed by atoms with Crippen LogP contribution in [0.15, 0.2) is 170 Å². The first kappa shape index (κ1) is 38.3. The molecule has 54 heavy (non-hydrogen) atoms. The summed E-state index contributed by atoms with van der Waals surface area (Å²) in [5.74, 6) is -0.479. The number of nitrogens with zero attached hydrogens (tertiary/aromatic N) is 4. The summed E-state index contributed by atoms with van der Waals surface area (Å²) in [5.41, 5.74) is 11.0. The lowest BCUT2D eigenvalue weighted by molar-refractivity contribution is -0.662. The lowest BCUT2D eigenvalue weighted by atomic mass is 10.0. The van der Waals surface area contributed by atoms with Gasteiger partial charge >= 0.3 is 0 Å². The predicted octanol–water partition coefficient (Wildman–Crippen LogP) is 4.15. The molecule has 0 radical (unpaired) electrons. The molecule has 0 aliphatic carbocycles. The number of halogens is 4. The van der Waals surface area contributed by atoms with E-state index >= 15 is 0 Å². The van der Waals surface area contributed by atoms with E-state index in [1.165, 1.54) is 46.5 Å². The summed E-state index contributed by atoms with van der Waals surface area (Å²) < 4.78 is 31.7. The molecule has 2 heterocycles. The van der Waals surface area contributed by atoms with Gasteiger partial charge in [0.1, 0.15) is 11.6 Å². The van der Waals surface area contributed by atoms with Crippen molar-refractivity contribution in [1.82, 2.24) is 0 Å². The Kier molecular flexibility index (Phi) is 11.8. The third kappa shape index (κ3) is 7.91. The van der Waals surface area contributed by atoms with Crippen LogP contribution in [0.1, 0.15) is 11.1 Å². The molecule has 0 atom stereocenters. The average molecular weight is 845 g/mol. The van der Waals surface area contributed by atoms with Gasteiger partial charge in [-0.25, -0.2) is 8.78 Å². The number of para-hydroxylation sites is 2. The highest BCUT2D eigenvalue weighted by Crippen LogP contribution is 2.31. The van der Waals surface area contributed by atoms with Crippen molar-refractivity contribution in [3.8, 4) is 11.1 Å². The lowest BCUT2D eigenvalue weighted by Gasteiger charge is -2.20. The van der Waals surface area contributed by atoms with E-state index in [1.54, 1.807) is 24.3 Å². The van der Waals surface area contributed by atoms with Crippen LogP contribution in [0.5, 0.6) is 0 Å². The van der Waals surface area contributed by atoms with Crippen LogP contribution in [-0.4, -0.2) is 14.1 Å². The third-order valence-corrected chi connectivity index (χ3v) is 9.90. The molecule has 0 aliphatic heterocycles. The molecule has 0 aliphatic rings. The molecule has 8 rings (SSSR count). The Morgan fingerprint density at radius 1 is 0.426 bits per heavy atom. The Morgan fingerprint density at radius 3 is 1.15 bits per heavy atom. The standard InChI is InChI=1S/C46H38F2N4.2BrH/c1-49(39-23-19-37(47)20-24-39)43-27-29-51(45-9-5-3-7-41(43)45)31-33-11-15-35(16-12-33)36-17-13-34(14-18-36)32-52-30-28-44(42-8-4-6-10-46(42)52)50(2)40-25-21-38(48)22-26-40;;/h3-30H,31-32H2,1-2H3;2*1H/q+2;;/p-2. The van der Waals surface area contributed by atoms with Gasteiger partial charge < -0.3 is 43.8 Å². The van der Waals surface area contributed by atoms with Gasteiger partial charge in [-0.3, -0.25) is 0 Å². The fraction of sp³-hybridized carbons (Fsp3) is 0.0870. The van der Waals surface area contributed by atoms with Crippen LogP contribution in [0.4, 0.5) is 31.5 Å². The Bertz CT molecular complexity index is 2330. The van der Waals surface area contributed by atoms with Crippen molar-refractivity contribution in [3.05, 3.63) is 193 Å².